The van der Waals surface area contributed by atoms with Crippen LogP contribution in [0, 0.1) is 0 Å². The predicted molar refractivity (Wildman–Crippen MR) is 76.0 cm³/mol. The minimum absolute atomic E-state index is 0.452. The summed E-state index contributed by atoms with van der Waals surface area (Å²) in [7, 11) is 0. The van der Waals surface area contributed by atoms with Crippen molar-refractivity contribution in [2.75, 3.05) is 26.4 Å². The molecule has 0 saturated carbocycles. The van der Waals surface area contributed by atoms with Gasteiger partial charge in [0.05, 0.1) is 26.4 Å². The van der Waals surface area contributed by atoms with Gasteiger partial charge in [-0.3, -0.25) is 0 Å². The standard InChI is InChI=1S/C16H24O5/c1-15(17-9-10-18-15)7-5-13-3-4-14(21-13)6-8-16(2)19-11-12-20-16/h3-4H,5-12H2,1-2H3. The molecular weight excluding hydrogens is 272 g/mol. The van der Waals surface area contributed by atoms with Crippen molar-refractivity contribution in [2.45, 2.75) is 51.1 Å². The summed E-state index contributed by atoms with van der Waals surface area (Å²) in [6.45, 7) is 6.69. The quantitative estimate of drug-likeness (QED) is 0.808. The number of hydrogen-bond acceptors (Lipinski definition) is 5. The van der Waals surface area contributed by atoms with Crippen LogP contribution in [0.25, 0.3) is 0 Å². The Hall–Kier alpha value is -0.880. The predicted octanol–water partition coefficient (Wildman–Crippen LogP) is 2.67. The fourth-order valence-electron chi connectivity index (χ4n) is 2.79. The van der Waals surface area contributed by atoms with Gasteiger partial charge in [-0.15, -0.1) is 0 Å². The third-order valence-electron chi connectivity index (χ3n) is 4.16. The van der Waals surface area contributed by atoms with E-state index >= 15 is 0 Å². The van der Waals surface area contributed by atoms with E-state index in [1.165, 1.54) is 0 Å². The highest BCUT2D eigenvalue weighted by molar-refractivity contribution is 5.08. The zero-order valence-corrected chi connectivity index (χ0v) is 12.9. The Labute approximate surface area is 125 Å². The second kappa shape index (κ2) is 6.08. The van der Waals surface area contributed by atoms with Crippen molar-refractivity contribution in [3.05, 3.63) is 23.7 Å². The molecule has 2 saturated heterocycles. The molecule has 2 fully saturated rings. The van der Waals surface area contributed by atoms with Crippen LogP contribution in [-0.4, -0.2) is 38.0 Å². The van der Waals surface area contributed by atoms with Gasteiger partial charge in [0.15, 0.2) is 11.6 Å². The first-order chi connectivity index (χ1) is 10.1. The molecule has 0 spiro atoms. The number of hydrogen-bond donors (Lipinski definition) is 0. The van der Waals surface area contributed by atoms with Gasteiger partial charge >= 0.3 is 0 Å². The van der Waals surface area contributed by atoms with E-state index in [2.05, 4.69) is 0 Å². The van der Waals surface area contributed by atoms with Crippen molar-refractivity contribution < 1.29 is 23.4 Å². The highest BCUT2D eigenvalue weighted by Crippen LogP contribution is 2.27. The average molecular weight is 296 g/mol. The van der Waals surface area contributed by atoms with Gasteiger partial charge in [-0.1, -0.05) is 0 Å². The lowest BCUT2D eigenvalue weighted by Crippen LogP contribution is -2.26. The molecule has 0 amide bonds. The van der Waals surface area contributed by atoms with Gasteiger partial charge in [-0.2, -0.15) is 0 Å². The van der Waals surface area contributed by atoms with E-state index in [0.29, 0.717) is 26.4 Å². The van der Waals surface area contributed by atoms with Crippen LogP contribution in [0.15, 0.2) is 16.5 Å². The van der Waals surface area contributed by atoms with Crippen LogP contribution in [0.3, 0.4) is 0 Å². The van der Waals surface area contributed by atoms with Crippen molar-refractivity contribution in [2.24, 2.45) is 0 Å². The molecule has 0 aliphatic carbocycles. The molecule has 2 aliphatic heterocycles. The first-order valence-electron chi connectivity index (χ1n) is 7.70. The van der Waals surface area contributed by atoms with E-state index in [-0.39, 0.29) is 0 Å². The molecule has 1 aromatic rings. The Balaban J connectivity index is 1.47. The second-order valence-electron chi connectivity index (χ2n) is 6.03. The Morgan fingerprint density at radius 1 is 0.762 bits per heavy atom. The van der Waals surface area contributed by atoms with Crippen LogP contribution in [0.5, 0.6) is 0 Å². The molecule has 3 heterocycles. The fraction of sp³-hybridized carbons (Fsp3) is 0.750. The van der Waals surface area contributed by atoms with Crippen LogP contribution in [0.1, 0.15) is 38.2 Å². The molecule has 118 valence electrons. The molecule has 5 heteroatoms. The molecule has 1 aromatic heterocycles. The maximum Gasteiger partial charge on any atom is 0.166 e. The Kier molecular flexibility index (Phi) is 4.36. The van der Waals surface area contributed by atoms with E-state index in [9.17, 15) is 0 Å². The summed E-state index contributed by atoms with van der Waals surface area (Å²) in [5.74, 6) is 1.05. The van der Waals surface area contributed by atoms with Gasteiger partial charge in [-0.25, -0.2) is 0 Å². The molecule has 0 aromatic carbocycles. The van der Waals surface area contributed by atoms with Crippen molar-refractivity contribution in [3.63, 3.8) is 0 Å². The third-order valence-corrected chi connectivity index (χ3v) is 4.16. The Bertz CT molecular complexity index is 414. The molecule has 2 aliphatic rings. The second-order valence-corrected chi connectivity index (χ2v) is 6.03. The number of furan rings is 1. The topological polar surface area (TPSA) is 50.1 Å². The molecule has 5 nitrogen and oxygen atoms in total. The average Bonchev–Trinajstić information content (AvgIpc) is 3.17. The summed E-state index contributed by atoms with van der Waals surface area (Å²) in [5, 5.41) is 0. The monoisotopic (exact) mass is 296 g/mol. The minimum Gasteiger partial charge on any atom is -0.466 e. The highest BCUT2D eigenvalue weighted by atomic mass is 16.7. The summed E-state index contributed by atoms with van der Waals surface area (Å²) in [6, 6.07) is 4.07. The van der Waals surface area contributed by atoms with Crippen molar-refractivity contribution in [3.8, 4) is 0 Å². The lowest BCUT2D eigenvalue weighted by molar-refractivity contribution is -0.146. The van der Waals surface area contributed by atoms with Crippen molar-refractivity contribution in [1.29, 1.82) is 0 Å². The Morgan fingerprint density at radius 2 is 1.14 bits per heavy atom. The van der Waals surface area contributed by atoms with Crippen molar-refractivity contribution in [1.82, 2.24) is 0 Å². The first-order valence-corrected chi connectivity index (χ1v) is 7.70. The number of ether oxygens (including phenoxy) is 4. The van der Waals surface area contributed by atoms with Gasteiger partial charge in [0, 0.05) is 25.7 Å². The van der Waals surface area contributed by atoms with E-state index in [1.807, 2.05) is 26.0 Å². The van der Waals surface area contributed by atoms with Crippen LogP contribution < -0.4 is 0 Å². The highest BCUT2D eigenvalue weighted by Gasteiger charge is 2.32. The molecule has 0 unspecified atom stereocenters. The van der Waals surface area contributed by atoms with Crippen LogP contribution >= 0.6 is 0 Å². The number of aryl methyl sites for hydroxylation is 2. The molecule has 0 atom stereocenters. The minimum atomic E-state index is -0.452. The smallest absolute Gasteiger partial charge is 0.166 e. The molecule has 0 bridgehead atoms. The van der Waals surface area contributed by atoms with Crippen LogP contribution in [-0.2, 0) is 31.8 Å². The van der Waals surface area contributed by atoms with Gasteiger partial charge < -0.3 is 23.4 Å². The van der Waals surface area contributed by atoms with Gasteiger partial charge in [0.2, 0.25) is 0 Å². The number of rotatable bonds is 6. The van der Waals surface area contributed by atoms with E-state index in [1.54, 1.807) is 0 Å². The normalized spacial score (nSPS) is 23.7. The van der Waals surface area contributed by atoms with Gasteiger partial charge in [0.25, 0.3) is 0 Å². The first kappa shape index (κ1) is 15.0. The molecule has 3 rings (SSSR count). The summed E-state index contributed by atoms with van der Waals surface area (Å²) < 4.78 is 28.3. The summed E-state index contributed by atoms with van der Waals surface area (Å²) in [5.41, 5.74) is 0. The molecule has 0 radical (unpaired) electrons. The molecule has 21 heavy (non-hydrogen) atoms. The lowest BCUT2D eigenvalue weighted by atomic mass is 10.1. The molecule has 0 N–H and O–H groups in total. The van der Waals surface area contributed by atoms with E-state index < -0.39 is 11.6 Å². The summed E-state index contributed by atoms with van der Waals surface area (Å²) in [4.78, 5) is 0. The maximum atomic E-state index is 5.87. The lowest BCUT2D eigenvalue weighted by Gasteiger charge is -2.21. The Morgan fingerprint density at radius 3 is 1.52 bits per heavy atom. The zero-order chi connectivity index (χ0) is 14.8. The van der Waals surface area contributed by atoms with Gasteiger partial charge in [0.1, 0.15) is 11.5 Å². The van der Waals surface area contributed by atoms with Crippen LogP contribution in [0.4, 0.5) is 0 Å². The van der Waals surface area contributed by atoms with Gasteiger partial charge in [-0.05, 0) is 26.0 Å². The SMILES string of the molecule is CC1(CCc2ccc(CCC3(C)OCCO3)o2)OCCO1. The summed E-state index contributed by atoms with van der Waals surface area (Å²) in [6.07, 6.45) is 3.26. The summed E-state index contributed by atoms with van der Waals surface area (Å²) >= 11 is 0. The van der Waals surface area contributed by atoms with Crippen molar-refractivity contribution >= 4 is 0 Å². The third kappa shape index (κ3) is 3.86. The zero-order valence-electron chi connectivity index (χ0n) is 12.9. The van der Waals surface area contributed by atoms with Crippen LogP contribution in [0.2, 0.25) is 0 Å². The van der Waals surface area contributed by atoms with E-state index in [4.69, 9.17) is 23.4 Å². The van der Waals surface area contributed by atoms with E-state index in [0.717, 1.165) is 37.2 Å². The fourth-order valence-corrected chi connectivity index (χ4v) is 2.79. The molecular formula is C16H24O5. The maximum absolute atomic E-state index is 5.87. The largest absolute Gasteiger partial charge is 0.466 e.